The van der Waals surface area contributed by atoms with Crippen LogP contribution in [0.25, 0.3) is 0 Å². The third kappa shape index (κ3) is 5.86. The molecule has 0 spiro atoms. The number of carbonyl (C=O) groups is 2. The van der Waals surface area contributed by atoms with Gasteiger partial charge >= 0.3 is 94.1 Å². The second-order valence-corrected chi connectivity index (χ2v) is 9.04. The number of carboxylic acids is 1. The van der Waals surface area contributed by atoms with Crippen LogP contribution in [0.2, 0.25) is 0 Å². The van der Waals surface area contributed by atoms with Crippen LogP contribution in [0, 0.1) is 6.92 Å². The van der Waals surface area contributed by atoms with Crippen molar-refractivity contribution in [3.8, 4) is 5.75 Å². The van der Waals surface area contributed by atoms with Gasteiger partial charge < -0.3 is 5.11 Å². The number of amides is 1. The first-order valence-corrected chi connectivity index (χ1v) is 10.7. The van der Waals surface area contributed by atoms with Crippen LogP contribution < -0.4 is 9.67 Å². The van der Waals surface area contributed by atoms with Gasteiger partial charge in [-0.05, 0) is 18.4 Å². The van der Waals surface area contributed by atoms with E-state index in [1.54, 1.807) is 18.4 Å². The van der Waals surface area contributed by atoms with Gasteiger partial charge in [-0.1, -0.05) is 0 Å². The Morgan fingerprint density at radius 3 is 2.17 bits per heavy atom. The predicted molar refractivity (Wildman–Crippen MR) is 88.9 cm³/mol. The first-order chi connectivity index (χ1) is 11.0. The fraction of sp³-hybridized carbons (Fsp3) is 0.143. The number of hydrogen-bond donors (Lipinski definition) is 5. The molecular formula is C14H16AsNO7S. The van der Waals surface area contributed by atoms with Crippen LogP contribution in [-0.2, 0) is 8.53 Å². The minimum Gasteiger partial charge on any atom is -0.478 e. The van der Waals surface area contributed by atoms with Crippen molar-refractivity contribution in [2.24, 2.45) is 0 Å². The van der Waals surface area contributed by atoms with Gasteiger partial charge in [0.05, 0.1) is 5.56 Å². The van der Waals surface area contributed by atoms with Crippen molar-refractivity contribution >= 4 is 47.4 Å². The maximum atomic E-state index is 10.9. The smallest absolute Gasteiger partial charge is 0.336 e. The molecule has 0 atom stereocenters. The molecule has 0 unspecified atom stereocenters. The Hall–Kier alpha value is -2.06. The largest absolute Gasteiger partial charge is 0.478 e. The van der Waals surface area contributed by atoms with E-state index in [1.807, 2.05) is 0 Å². The fourth-order valence-corrected chi connectivity index (χ4v) is 3.67. The Bertz CT molecular complexity index is 796. The van der Waals surface area contributed by atoms with Crippen molar-refractivity contribution in [2.45, 2.75) is 13.8 Å². The molecule has 5 N–H and O–H groups in total. The number of phenols is 1. The number of benzene rings is 1. The van der Waals surface area contributed by atoms with E-state index in [1.165, 1.54) is 24.3 Å². The number of aryl methyl sites for hydroxylation is 1. The number of rotatable bonds is 3. The molecule has 0 fully saturated rings. The second kappa shape index (κ2) is 8.16. The van der Waals surface area contributed by atoms with Crippen molar-refractivity contribution < 1.29 is 31.7 Å². The van der Waals surface area contributed by atoms with Crippen molar-refractivity contribution in [1.82, 2.24) is 0 Å². The second-order valence-electron chi connectivity index (χ2n) is 4.62. The number of thiophene rings is 1. The van der Waals surface area contributed by atoms with Crippen LogP contribution in [0.1, 0.15) is 22.2 Å². The first-order valence-electron chi connectivity index (χ1n) is 6.46. The maximum absolute atomic E-state index is 10.9. The van der Waals surface area contributed by atoms with Gasteiger partial charge in [0.25, 0.3) is 0 Å². The zero-order valence-corrected chi connectivity index (χ0v) is 15.4. The molecule has 2 rings (SSSR count). The molecule has 1 heterocycles. The zero-order valence-electron chi connectivity index (χ0n) is 12.8. The number of carbonyl (C=O) groups excluding carboxylic acids is 1. The summed E-state index contributed by atoms with van der Waals surface area (Å²) < 4.78 is 28.2. The number of phenolic OH excluding ortho intramolecular Hbond substituents is 1. The molecular weight excluding hydrogens is 401 g/mol. The minimum atomic E-state index is -5.09. The van der Waals surface area contributed by atoms with Gasteiger partial charge in [-0.2, -0.15) is 0 Å². The molecule has 0 saturated heterocycles. The van der Waals surface area contributed by atoms with Crippen molar-refractivity contribution in [3.05, 3.63) is 40.1 Å². The summed E-state index contributed by atoms with van der Waals surface area (Å²) in [4.78, 5) is 21.8. The van der Waals surface area contributed by atoms with Crippen molar-refractivity contribution in [1.29, 1.82) is 0 Å². The number of anilines is 1. The summed E-state index contributed by atoms with van der Waals surface area (Å²) in [6, 6.07) is 5.12. The van der Waals surface area contributed by atoms with E-state index in [4.69, 9.17) is 13.3 Å². The molecule has 24 heavy (non-hydrogen) atoms. The minimum absolute atomic E-state index is 0.285. The quantitative estimate of drug-likeness (QED) is 0.462. The Morgan fingerprint density at radius 2 is 1.83 bits per heavy atom. The Kier molecular flexibility index (Phi) is 6.79. The first kappa shape index (κ1) is 20.0. The third-order valence-electron chi connectivity index (χ3n) is 2.70. The summed E-state index contributed by atoms with van der Waals surface area (Å²) in [5.41, 5.74) is 0.702. The predicted octanol–water partition coefficient (Wildman–Crippen LogP) is 0.666. The van der Waals surface area contributed by atoms with Crippen molar-refractivity contribution in [2.75, 3.05) is 5.32 Å². The van der Waals surface area contributed by atoms with Crippen LogP contribution in [-0.4, -0.2) is 44.5 Å². The molecule has 130 valence electrons. The molecule has 0 aliphatic carbocycles. The number of aromatic carboxylic acids is 1. The molecule has 1 amide bonds. The van der Waals surface area contributed by atoms with Crippen LogP contribution >= 0.6 is 11.3 Å². The SMILES string of the molecule is CC(=O)Nc1ccc([As](=O)(O)O)c(O)c1.Cc1sccc1C(=O)O. The number of nitrogens with one attached hydrogen (secondary N) is 1. The summed E-state index contributed by atoms with van der Waals surface area (Å²) in [5, 5.41) is 21.9. The van der Waals surface area contributed by atoms with E-state index < -0.39 is 30.2 Å². The molecule has 1 aromatic heterocycles. The third-order valence-corrected chi connectivity index (χ3v) is 5.65. The van der Waals surface area contributed by atoms with E-state index in [9.17, 15) is 18.4 Å². The molecule has 0 radical (unpaired) electrons. The monoisotopic (exact) mass is 417 g/mol. The average Bonchev–Trinajstić information content (AvgIpc) is 2.83. The molecule has 1 aromatic carbocycles. The Labute approximate surface area is 144 Å². The van der Waals surface area contributed by atoms with E-state index in [0.29, 0.717) is 5.56 Å². The fourth-order valence-electron chi connectivity index (χ4n) is 1.66. The van der Waals surface area contributed by atoms with Crippen LogP contribution in [0.15, 0.2) is 29.6 Å². The van der Waals surface area contributed by atoms with Gasteiger partial charge in [0.1, 0.15) is 0 Å². The van der Waals surface area contributed by atoms with Crippen LogP contribution in [0.3, 0.4) is 0 Å². The van der Waals surface area contributed by atoms with E-state index in [2.05, 4.69) is 5.32 Å². The van der Waals surface area contributed by atoms with E-state index in [-0.39, 0.29) is 11.6 Å². The standard InChI is InChI=1S/C8H10AsNO5.C6H6O2S/c1-5(11)10-6-2-3-7(8(12)4-6)9(13,14)15;1-4-5(6(7)8)2-3-9-4/h2-4,12H,1H3,(H,10,11)(H2,13,14,15);2-3H,1H3,(H,7,8). The summed E-state index contributed by atoms with van der Waals surface area (Å²) in [6.45, 7) is 3.09. The van der Waals surface area contributed by atoms with Gasteiger partial charge in [-0.25, -0.2) is 4.79 Å². The summed E-state index contributed by atoms with van der Waals surface area (Å²) in [6.07, 6.45) is 0. The molecule has 0 aliphatic heterocycles. The van der Waals surface area contributed by atoms with Gasteiger partial charge in [-0.15, -0.1) is 11.3 Å². The molecule has 0 aliphatic rings. The van der Waals surface area contributed by atoms with Gasteiger partial charge in [0, 0.05) is 4.88 Å². The average molecular weight is 417 g/mol. The number of carboxylic acid groups (broad SMARTS) is 1. The Balaban J connectivity index is 0.000000272. The topological polar surface area (TPSA) is 144 Å². The molecule has 0 bridgehead atoms. The molecule has 0 saturated carbocycles. The van der Waals surface area contributed by atoms with Crippen LogP contribution in [0.4, 0.5) is 5.69 Å². The number of aromatic hydroxyl groups is 1. The molecule has 2 aromatic rings. The normalized spacial score (nSPS) is 10.5. The molecule has 8 nitrogen and oxygen atoms in total. The zero-order chi connectivity index (χ0) is 18.5. The maximum Gasteiger partial charge on any atom is 0.336 e. The molecule has 10 heteroatoms. The van der Waals surface area contributed by atoms with Crippen LogP contribution in [0.5, 0.6) is 5.75 Å². The Morgan fingerprint density at radius 1 is 1.21 bits per heavy atom. The summed E-state index contributed by atoms with van der Waals surface area (Å²) in [5.74, 6) is -1.69. The number of hydrogen-bond acceptors (Lipinski definition) is 5. The van der Waals surface area contributed by atoms with Crippen molar-refractivity contribution in [3.63, 3.8) is 0 Å². The van der Waals surface area contributed by atoms with Gasteiger partial charge in [0.15, 0.2) is 0 Å². The summed E-state index contributed by atoms with van der Waals surface area (Å²) in [7, 11) is 0. The summed E-state index contributed by atoms with van der Waals surface area (Å²) >= 11 is -3.64. The van der Waals surface area contributed by atoms with E-state index >= 15 is 0 Å². The van der Waals surface area contributed by atoms with Gasteiger partial charge in [0.2, 0.25) is 0 Å². The van der Waals surface area contributed by atoms with Gasteiger partial charge in [-0.3, -0.25) is 0 Å². The van der Waals surface area contributed by atoms with E-state index in [0.717, 1.165) is 17.0 Å².